The van der Waals surface area contributed by atoms with Crippen molar-refractivity contribution in [3.63, 3.8) is 0 Å². The third kappa shape index (κ3) is 3.20. The van der Waals surface area contributed by atoms with Crippen LogP contribution >= 0.6 is 0 Å². The van der Waals surface area contributed by atoms with Gasteiger partial charge in [-0.3, -0.25) is 9.59 Å². The number of aryl methyl sites for hydroxylation is 1. The Morgan fingerprint density at radius 1 is 1.07 bits per heavy atom. The molecule has 0 bridgehead atoms. The van der Waals surface area contributed by atoms with E-state index in [0.717, 1.165) is 22.6 Å². The van der Waals surface area contributed by atoms with Crippen LogP contribution in [0.1, 0.15) is 27.3 Å². The van der Waals surface area contributed by atoms with Gasteiger partial charge in [-0.25, -0.2) is 4.68 Å². The molecule has 0 spiro atoms. The molecule has 0 saturated carbocycles. The van der Waals surface area contributed by atoms with Gasteiger partial charge in [0, 0.05) is 34.8 Å². The second-order valence-electron chi connectivity index (χ2n) is 6.67. The van der Waals surface area contributed by atoms with Crippen LogP contribution in [0.5, 0.6) is 0 Å². The smallest absolute Gasteiger partial charge is 0.252 e. The molecule has 0 aliphatic heterocycles. The molecule has 2 heterocycles. The maximum Gasteiger partial charge on any atom is 0.252 e. The summed E-state index contributed by atoms with van der Waals surface area (Å²) in [6, 6.07) is 18.5. The number of nitrogens with zero attached hydrogens (tertiary/aromatic N) is 2. The number of rotatable bonds is 4. The minimum Gasteiger partial charge on any atom is -0.348 e. The van der Waals surface area contributed by atoms with Gasteiger partial charge in [0.2, 0.25) is 5.56 Å². The van der Waals surface area contributed by atoms with Gasteiger partial charge in [-0.2, -0.15) is 5.10 Å². The lowest BCUT2D eigenvalue weighted by atomic mass is 10.1. The van der Waals surface area contributed by atoms with Crippen LogP contribution in [0.3, 0.4) is 0 Å². The summed E-state index contributed by atoms with van der Waals surface area (Å²) in [7, 11) is 0. The van der Waals surface area contributed by atoms with Gasteiger partial charge < -0.3 is 10.3 Å². The third-order valence-electron chi connectivity index (χ3n) is 4.86. The number of nitrogens with one attached hydrogen (secondary N) is 2. The van der Waals surface area contributed by atoms with Gasteiger partial charge in [-0.05, 0) is 32.0 Å². The fraction of sp³-hybridized carbons (Fsp3) is 0.136. The Morgan fingerprint density at radius 2 is 1.79 bits per heavy atom. The zero-order valence-corrected chi connectivity index (χ0v) is 15.7. The van der Waals surface area contributed by atoms with Crippen LogP contribution in [-0.2, 0) is 6.54 Å². The molecule has 6 heteroatoms. The van der Waals surface area contributed by atoms with Crippen LogP contribution in [0.15, 0.2) is 65.5 Å². The molecule has 0 atom stereocenters. The first-order valence-electron chi connectivity index (χ1n) is 9.05. The largest absolute Gasteiger partial charge is 0.348 e. The summed E-state index contributed by atoms with van der Waals surface area (Å²) in [4.78, 5) is 27.4. The second-order valence-corrected chi connectivity index (χ2v) is 6.67. The number of benzene rings is 2. The summed E-state index contributed by atoms with van der Waals surface area (Å²) in [5.74, 6) is -0.284. The van der Waals surface area contributed by atoms with Crippen LogP contribution in [0.2, 0.25) is 0 Å². The van der Waals surface area contributed by atoms with E-state index in [1.807, 2.05) is 67.1 Å². The molecule has 0 unspecified atom stereocenters. The van der Waals surface area contributed by atoms with Crippen molar-refractivity contribution in [2.75, 3.05) is 0 Å². The van der Waals surface area contributed by atoms with Crippen molar-refractivity contribution >= 4 is 16.8 Å². The van der Waals surface area contributed by atoms with E-state index in [-0.39, 0.29) is 11.5 Å². The molecular formula is C22H20N4O2. The molecule has 0 aliphatic carbocycles. The first kappa shape index (κ1) is 17.7. The molecule has 6 nitrogen and oxygen atoms in total. The van der Waals surface area contributed by atoms with Gasteiger partial charge in [0.25, 0.3) is 5.91 Å². The van der Waals surface area contributed by atoms with E-state index < -0.39 is 0 Å². The number of para-hydroxylation sites is 2. The lowest BCUT2D eigenvalue weighted by molar-refractivity contribution is 0.0952. The van der Waals surface area contributed by atoms with Crippen molar-refractivity contribution in [2.24, 2.45) is 0 Å². The Kier molecular flexibility index (Phi) is 4.53. The van der Waals surface area contributed by atoms with Crippen molar-refractivity contribution in [3.05, 3.63) is 93.5 Å². The topological polar surface area (TPSA) is 79.8 Å². The number of H-pyrrole nitrogens is 1. The number of pyridine rings is 1. The summed E-state index contributed by atoms with van der Waals surface area (Å²) in [6.07, 6.45) is 0. The molecule has 140 valence electrons. The van der Waals surface area contributed by atoms with Crippen LogP contribution < -0.4 is 10.9 Å². The Bertz CT molecular complexity index is 1220. The van der Waals surface area contributed by atoms with E-state index in [1.165, 1.54) is 6.07 Å². The van der Waals surface area contributed by atoms with Gasteiger partial charge in [0.05, 0.1) is 16.9 Å². The highest BCUT2D eigenvalue weighted by Gasteiger charge is 2.16. The van der Waals surface area contributed by atoms with E-state index >= 15 is 0 Å². The summed E-state index contributed by atoms with van der Waals surface area (Å²) in [5, 5.41) is 8.26. The molecule has 28 heavy (non-hydrogen) atoms. The molecule has 4 rings (SSSR count). The maximum absolute atomic E-state index is 12.8. The van der Waals surface area contributed by atoms with Crippen LogP contribution in [0.4, 0.5) is 0 Å². The quantitative estimate of drug-likeness (QED) is 0.577. The number of amides is 1. The minimum atomic E-state index is -0.298. The molecular weight excluding hydrogens is 352 g/mol. The normalized spacial score (nSPS) is 10.9. The van der Waals surface area contributed by atoms with Gasteiger partial charge in [-0.1, -0.05) is 36.4 Å². The number of carbonyl (C=O) groups is 1. The summed E-state index contributed by atoms with van der Waals surface area (Å²) in [6.45, 7) is 4.25. The van der Waals surface area contributed by atoms with Gasteiger partial charge in [-0.15, -0.1) is 0 Å². The highest BCUT2D eigenvalue weighted by atomic mass is 16.2. The fourth-order valence-corrected chi connectivity index (χ4v) is 3.41. The zero-order chi connectivity index (χ0) is 19.7. The van der Waals surface area contributed by atoms with E-state index in [0.29, 0.717) is 23.0 Å². The van der Waals surface area contributed by atoms with Crippen LogP contribution in [-0.4, -0.2) is 20.7 Å². The average molecular weight is 372 g/mol. The van der Waals surface area contributed by atoms with E-state index in [1.54, 1.807) is 6.07 Å². The monoisotopic (exact) mass is 372 g/mol. The Morgan fingerprint density at radius 3 is 2.57 bits per heavy atom. The summed E-state index contributed by atoms with van der Waals surface area (Å²) in [5.41, 5.74) is 4.48. The first-order chi connectivity index (χ1) is 13.5. The number of fused-ring (bicyclic) bond motifs is 1. The predicted octanol–water partition coefficient (Wildman–Crippen LogP) is 3.26. The highest BCUT2D eigenvalue weighted by Crippen LogP contribution is 2.19. The molecule has 1 amide bonds. The molecule has 2 aromatic carbocycles. The number of hydrogen-bond acceptors (Lipinski definition) is 3. The Labute approximate surface area is 161 Å². The number of aromatic nitrogens is 3. The van der Waals surface area contributed by atoms with E-state index in [9.17, 15) is 9.59 Å². The standard InChI is InChI=1S/C22H20N4O2/c1-14-19(15(2)26(25-14)16-8-4-3-5-9-16)13-23-22(28)18-12-21(27)24-20-11-7-6-10-17(18)20/h3-12H,13H2,1-2H3,(H,23,28)(H,24,27). The molecule has 2 aromatic heterocycles. The first-order valence-corrected chi connectivity index (χ1v) is 9.05. The second kappa shape index (κ2) is 7.15. The van der Waals surface area contributed by atoms with Crippen molar-refractivity contribution < 1.29 is 4.79 Å². The lowest BCUT2D eigenvalue weighted by Gasteiger charge is -2.09. The predicted molar refractivity (Wildman–Crippen MR) is 109 cm³/mol. The van der Waals surface area contributed by atoms with Gasteiger partial charge >= 0.3 is 0 Å². The van der Waals surface area contributed by atoms with Crippen molar-refractivity contribution in [1.82, 2.24) is 20.1 Å². The zero-order valence-electron chi connectivity index (χ0n) is 15.7. The van der Waals surface area contributed by atoms with Crippen molar-refractivity contribution in [2.45, 2.75) is 20.4 Å². The molecule has 0 aliphatic rings. The van der Waals surface area contributed by atoms with Gasteiger partial charge in [0.1, 0.15) is 0 Å². The Hall–Kier alpha value is -3.67. The molecule has 0 radical (unpaired) electrons. The van der Waals surface area contributed by atoms with Crippen LogP contribution in [0, 0.1) is 13.8 Å². The average Bonchev–Trinajstić information content (AvgIpc) is 2.99. The minimum absolute atomic E-state index is 0.284. The van der Waals surface area contributed by atoms with E-state index in [2.05, 4.69) is 15.4 Å². The number of carbonyl (C=O) groups excluding carboxylic acids is 1. The lowest BCUT2D eigenvalue weighted by Crippen LogP contribution is -2.25. The summed E-state index contributed by atoms with van der Waals surface area (Å²) < 4.78 is 1.87. The summed E-state index contributed by atoms with van der Waals surface area (Å²) >= 11 is 0. The van der Waals surface area contributed by atoms with Crippen LogP contribution in [0.25, 0.3) is 16.6 Å². The molecule has 0 fully saturated rings. The Balaban J connectivity index is 1.62. The van der Waals surface area contributed by atoms with E-state index in [4.69, 9.17) is 0 Å². The van der Waals surface area contributed by atoms with Crippen molar-refractivity contribution in [1.29, 1.82) is 0 Å². The number of hydrogen-bond donors (Lipinski definition) is 2. The molecule has 2 N–H and O–H groups in total. The molecule has 4 aromatic rings. The highest BCUT2D eigenvalue weighted by molar-refractivity contribution is 6.05. The maximum atomic E-state index is 12.8. The van der Waals surface area contributed by atoms with Crippen molar-refractivity contribution in [3.8, 4) is 5.69 Å². The molecule has 0 saturated heterocycles. The SMILES string of the molecule is Cc1nn(-c2ccccc2)c(C)c1CNC(=O)c1cc(=O)[nH]c2ccccc12. The number of aromatic amines is 1. The van der Waals surface area contributed by atoms with Gasteiger partial charge in [0.15, 0.2) is 0 Å². The third-order valence-corrected chi connectivity index (χ3v) is 4.86. The fourth-order valence-electron chi connectivity index (χ4n) is 3.41.